The zero-order valence-corrected chi connectivity index (χ0v) is 24.4. The van der Waals surface area contributed by atoms with Gasteiger partial charge in [-0.1, -0.05) is 13.8 Å². The molecule has 0 aliphatic carbocycles. The maximum atomic E-state index is 14.0. The lowest BCUT2D eigenvalue weighted by atomic mass is 9.97. The molecule has 1 unspecified atom stereocenters. The zero-order valence-electron chi connectivity index (χ0n) is 23.6. The van der Waals surface area contributed by atoms with Crippen molar-refractivity contribution in [3.63, 3.8) is 0 Å². The van der Waals surface area contributed by atoms with Crippen LogP contribution in [0, 0.1) is 0 Å². The molecule has 0 spiro atoms. The second kappa shape index (κ2) is 12.2. The first kappa shape index (κ1) is 28.6. The maximum absolute atomic E-state index is 14.0. The molecule has 206 valence electrons. The number of ketones is 1. The number of thiophene rings is 1. The Balaban J connectivity index is 1.72. The summed E-state index contributed by atoms with van der Waals surface area (Å²) >= 11 is 0. The minimum Gasteiger partial charge on any atom is -0.590 e. The first-order chi connectivity index (χ1) is 18.6. The van der Waals surface area contributed by atoms with Crippen LogP contribution in [0.25, 0.3) is 20.5 Å². The third-order valence-electron chi connectivity index (χ3n) is 6.53. The molecule has 0 amide bonds. The zero-order chi connectivity index (χ0) is 28.2. The minimum atomic E-state index is -1.56. The predicted octanol–water partition coefficient (Wildman–Crippen LogP) is 7.37. The lowest BCUT2D eigenvalue weighted by molar-refractivity contribution is 0.104. The molecule has 0 aliphatic rings. The summed E-state index contributed by atoms with van der Waals surface area (Å²) < 4.78 is 31.7. The first-order valence-corrected chi connectivity index (χ1v) is 14.4. The summed E-state index contributed by atoms with van der Waals surface area (Å²) in [6.07, 6.45) is 0. The molecule has 1 heterocycles. The van der Waals surface area contributed by atoms with Gasteiger partial charge in [0.25, 0.3) is 0 Å². The molecule has 4 rings (SSSR count). The Hall–Kier alpha value is -3.39. The van der Waals surface area contributed by atoms with Gasteiger partial charge in [0.2, 0.25) is 0 Å². The average molecular weight is 548 g/mol. The summed E-state index contributed by atoms with van der Waals surface area (Å²) in [6, 6.07) is 19.9. The first-order valence-electron chi connectivity index (χ1n) is 13.3. The Morgan fingerprint density at radius 2 is 1.51 bits per heavy atom. The Bertz CT molecular complexity index is 1410. The lowest BCUT2D eigenvalue weighted by Gasteiger charge is -2.20. The molecular weight excluding hydrogens is 510 g/mol. The second-order valence-corrected chi connectivity index (χ2v) is 11.7. The number of hydrogen-bond acceptors (Lipinski definition) is 6. The molecule has 1 aromatic heterocycles. The van der Waals surface area contributed by atoms with E-state index in [1.54, 1.807) is 25.3 Å². The van der Waals surface area contributed by atoms with E-state index in [-0.39, 0.29) is 5.78 Å². The molecule has 7 heteroatoms. The standard InChI is InChI=1S/C32H37NO5S/c1-7-33(8-2)19-20-37-25-15-9-22(10-16-25)30(34)29-27-18-17-26(38-32(3,4)5)21-28(27)39(35)31(29)23-11-13-24(36-6)14-12-23/h9-18,21H,7-8,19-20H2,1-6H3. The van der Waals surface area contributed by atoms with Gasteiger partial charge >= 0.3 is 0 Å². The van der Waals surface area contributed by atoms with Crippen LogP contribution in [-0.4, -0.2) is 54.2 Å². The molecule has 0 aliphatic heterocycles. The van der Waals surface area contributed by atoms with Gasteiger partial charge in [0.1, 0.15) is 29.5 Å². The molecule has 39 heavy (non-hydrogen) atoms. The molecule has 0 bridgehead atoms. The van der Waals surface area contributed by atoms with Crippen molar-refractivity contribution in [2.45, 2.75) is 40.2 Å². The maximum Gasteiger partial charge on any atom is 0.199 e. The lowest BCUT2D eigenvalue weighted by Crippen LogP contribution is -2.27. The smallest absolute Gasteiger partial charge is 0.199 e. The van der Waals surface area contributed by atoms with E-state index in [1.807, 2.05) is 69.3 Å². The van der Waals surface area contributed by atoms with Crippen molar-refractivity contribution in [1.29, 1.82) is 0 Å². The van der Waals surface area contributed by atoms with Crippen molar-refractivity contribution >= 4 is 26.6 Å². The number of nitrogens with zero attached hydrogens (tertiary/aromatic N) is 1. The molecular formula is C32H37NO5S. The highest BCUT2D eigenvalue weighted by molar-refractivity contribution is 7.35. The normalized spacial score (nSPS) is 12.2. The van der Waals surface area contributed by atoms with Crippen molar-refractivity contribution in [3.8, 4) is 27.7 Å². The van der Waals surface area contributed by atoms with Gasteiger partial charge in [-0.25, -0.2) is 0 Å². The van der Waals surface area contributed by atoms with E-state index in [0.717, 1.165) is 19.6 Å². The van der Waals surface area contributed by atoms with Crippen LogP contribution in [0.2, 0.25) is 0 Å². The number of carbonyl (C=O) groups excluding carboxylic acids is 1. The van der Waals surface area contributed by atoms with Gasteiger partial charge in [-0.2, -0.15) is 0 Å². The Labute approximate surface area is 233 Å². The van der Waals surface area contributed by atoms with Crippen LogP contribution in [0.5, 0.6) is 17.2 Å². The van der Waals surface area contributed by atoms with E-state index in [9.17, 15) is 9.35 Å². The fraction of sp³-hybridized carbons (Fsp3) is 0.344. The second-order valence-electron chi connectivity index (χ2n) is 10.3. The van der Waals surface area contributed by atoms with E-state index in [1.165, 1.54) is 0 Å². The van der Waals surface area contributed by atoms with Crippen molar-refractivity contribution < 1.29 is 23.6 Å². The highest BCUT2D eigenvalue weighted by Gasteiger charge is 2.30. The van der Waals surface area contributed by atoms with E-state index >= 15 is 0 Å². The third-order valence-corrected chi connectivity index (χ3v) is 8.07. The van der Waals surface area contributed by atoms with Gasteiger partial charge in [-0.05, 0) is 105 Å². The number of rotatable bonds is 11. The Morgan fingerprint density at radius 1 is 0.897 bits per heavy atom. The minimum absolute atomic E-state index is 0.188. The molecule has 0 saturated heterocycles. The van der Waals surface area contributed by atoms with E-state index in [4.69, 9.17) is 14.2 Å². The number of benzene rings is 3. The molecule has 0 radical (unpaired) electrons. The van der Waals surface area contributed by atoms with Gasteiger partial charge in [0, 0.05) is 23.7 Å². The van der Waals surface area contributed by atoms with Crippen molar-refractivity contribution in [3.05, 3.63) is 77.9 Å². The molecule has 3 aromatic carbocycles. The monoisotopic (exact) mass is 547 g/mol. The quantitative estimate of drug-likeness (QED) is 0.144. The van der Waals surface area contributed by atoms with Gasteiger partial charge in [0.05, 0.1) is 18.1 Å². The summed E-state index contributed by atoms with van der Waals surface area (Å²) in [5.74, 6) is 1.82. The van der Waals surface area contributed by atoms with Crippen LogP contribution in [0.3, 0.4) is 0 Å². The molecule has 4 aromatic rings. The van der Waals surface area contributed by atoms with Crippen molar-refractivity contribution in [1.82, 2.24) is 4.90 Å². The molecule has 6 nitrogen and oxygen atoms in total. The number of hydrogen-bond donors (Lipinski definition) is 0. The van der Waals surface area contributed by atoms with E-state index in [0.29, 0.717) is 55.5 Å². The summed E-state index contributed by atoms with van der Waals surface area (Å²) in [4.78, 5) is 16.8. The van der Waals surface area contributed by atoms with E-state index in [2.05, 4.69) is 18.7 Å². The Morgan fingerprint density at radius 3 is 2.10 bits per heavy atom. The molecule has 1 atom stereocenters. The van der Waals surface area contributed by atoms with Crippen LogP contribution >= 0.6 is 10.8 Å². The summed E-state index contributed by atoms with van der Waals surface area (Å²) in [5, 5.41) is 0.657. The van der Waals surface area contributed by atoms with Crippen LogP contribution in [0.1, 0.15) is 50.5 Å². The SMILES string of the molecule is CCN(CC)CCOc1ccc(C(=O)c2c(-c3ccc(OC)cc3)[s+]([O-])c3cc(OC(C)(C)C)ccc23)cc1. The van der Waals surface area contributed by atoms with Gasteiger partial charge in [0.15, 0.2) is 15.4 Å². The number of methoxy groups -OCH3 is 1. The van der Waals surface area contributed by atoms with E-state index < -0.39 is 16.4 Å². The number of likely N-dealkylation sites (N-methyl/N-ethyl adjacent to an activating group) is 1. The van der Waals surface area contributed by atoms with Gasteiger partial charge in [-0.15, -0.1) is 0 Å². The van der Waals surface area contributed by atoms with Gasteiger partial charge < -0.3 is 23.7 Å². The summed E-state index contributed by atoms with van der Waals surface area (Å²) in [6.45, 7) is 13.5. The number of ether oxygens (including phenoxy) is 3. The molecule has 0 N–H and O–H groups in total. The largest absolute Gasteiger partial charge is 0.590 e. The third kappa shape index (κ3) is 6.61. The van der Waals surface area contributed by atoms with Crippen LogP contribution < -0.4 is 14.2 Å². The van der Waals surface area contributed by atoms with Crippen LogP contribution in [0.15, 0.2) is 66.7 Å². The van der Waals surface area contributed by atoms with Gasteiger partial charge in [-0.3, -0.25) is 4.79 Å². The fourth-order valence-electron chi connectivity index (χ4n) is 4.50. The summed E-state index contributed by atoms with van der Waals surface area (Å²) in [5.41, 5.74) is 1.25. The van der Waals surface area contributed by atoms with Crippen LogP contribution in [0.4, 0.5) is 0 Å². The summed E-state index contributed by atoms with van der Waals surface area (Å²) in [7, 11) is 0.0329. The predicted molar refractivity (Wildman–Crippen MR) is 158 cm³/mol. The molecule has 0 fully saturated rings. The molecule has 0 saturated carbocycles. The fourth-order valence-corrected chi connectivity index (χ4v) is 6.05. The Kier molecular flexibility index (Phi) is 8.95. The number of fused-ring (bicyclic) bond motifs is 1. The highest BCUT2D eigenvalue weighted by Crippen LogP contribution is 2.47. The number of carbonyl (C=O) groups is 1. The highest BCUT2D eigenvalue weighted by atomic mass is 32.2. The topological polar surface area (TPSA) is 71.1 Å². The van der Waals surface area contributed by atoms with Crippen LogP contribution in [-0.2, 0) is 0 Å². The van der Waals surface area contributed by atoms with Crippen molar-refractivity contribution in [2.75, 3.05) is 33.4 Å². The average Bonchev–Trinajstić information content (AvgIpc) is 3.21. The van der Waals surface area contributed by atoms with Crippen molar-refractivity contribution in [2.24, 2.45) is 0 Å².